The predicted octanol–water partition coefficient (Wildman–Crippen LogP) is 2.78. The van der Waals surface area contributed by atoms with Crippen molar-refractivity contribution in [3.8, 4) is 5.75 Å². The summed E-state index contributed by atoms with van der Waals surface area (Å²) in [6.07, 6.45) is 0.499. The monoisotopic (exact) mass is 414 g/mol. The first-order valence-electron chi connectivity index (χ1n) is 9.76. The summed E-state index contributed by atoms with van der Waals surface area (Å²) < 4.78 is 10.9. The fourth-order valence-corrected chi connectivity index (χ4v) is 3.90. The number of rotatable bonds is 4. The first-order chi connectivity index (χ1) is 14.1. The summed E-state index contributed by atoms with van der Waals surface area (Å²) in [5, 5.41) is 0.603. The van der Waals surface area contributed by atoms with Crippen LogP contribution in [-0.4, -0.2) is 56.2 Å². The van der Waals surface area contributed by atoms with E-state index in [9.17, 15) is 9.59 Å². The van der Waals surface area contributed by atoms with E-state index in [1.54, 1.807) is 23.1 Å². The third-order valence-electron chi connectivity index (χ3n) is 5.35. The van der Waals surface area contributed by atoms with Gasteiger partial charge in [-0.1, -0.05) is 29.8 Å². The van der Waals surface area contributed by atoms with Crippen LogP contribution in [0.4, 0.5) is 5.69 Å². The maximum absolute atomic E-state index is 12.5. The topological polar surface area (TPSA) is 59.1 Å². The number of carbonyl (C=O) groups is 2. The second-order valence-electron chi connectivity index (χ2n) is 7.28. The average molecular weight is 415 g/mol. The molecule has 0 N–H and O–H groups in total. The van der Waals surface area contributed by atoms with Gasteiger partial charge in [0.15, 0.2) is 6.61 Å². The number of esters is 1. The minimum absolute atomic E-state index is 0.161. The summed E-state index contributed by atoms with van der Waals surface area (Å²) in [5.41, 5.74) is 2.04. The molecule has 2 aliphatic heterocycles. The highest BCUT2D eigenvalue weighted by molar-refractivity contribution is 6.30. The van der Waals surface area contributed by atoms with Gasteiger partial charge in [-0.25, -0.2) is 0 Å². The predicted molar refractivity (Wildman–Crippen MR) is 110 cm³/mol. The van der Waals surface area contributed by atoms with Gasteiger partial charge in [0.25, 0.3) is 5.91 Å². The van der Waals surface area contributed by atoms with E-state index < -0.39 is 11.9 Å². The quantitative estimate of drug-likeness (QED) is 0.720. The Hall–Kier alpha value is -2.73. The van der Waals surface area contributed by atoms with Crippen LogP contribution in [-0.2, 0) is 20.7 Å². The molecular formula is C22H23ClN2O4. The number of ether oxygens (including phenoxy) is 2. The third kappa shape index (κ3) is 4.65. The fourth-order valence-electron chi connectivity index (χ4n) is 3.71. The van der Waals surface area contributed by atoms with Crippen LogP contribution in [0.5, 0.6) is 5.75 Å². The van der Waals surface area contributed by atoms with Gasteiger partial charge in [-0.2, -0.15) is 0 Å². The molecular weight excluding hydrogens is 392 g/mol. The first-order valence-corrected chi connectivity index (χ1v) is 10.1. The number of fused-ring (bicyclic) bond motifs is 1. The summed E-state index contributed by atoms with van der Waals surface area (Å²) in [6, 6.07) is 15.5. The average Bonchev–Trinajstić information content (AvgIpc) is 2.77. The summed E-state index contributed by atoms with van der Waals surface area (Å²) in [7, 11) is 0. The van der Waals surface area contributed by atoms with Gasteiger partial charge in [-0.05, 0) is 42.3 Å². The van der Waals surface area contributed by atoms with Crippen LogP contribution in [0.15, 0.2) is 48.5 Å². The van der Waals surface area contributed by atoms with Crippen molar-refractivity contribution in [2.24, 2.45) is 5.92 Å². The van der Waals surface area contributed by atoms with E-state index in [-0.39, 0.29) is 19.1 Å². The first kappa shape index (κ1) is 19.6. The lowest BCUT2D eigenvalue weighted by Gasteiger charge is -2.36. The van der Waals surface area contributed by atoms with Crippen molar-refractivity contribution in [2.45, 2.75) is 6.42 Å². The number of hydrogen-bond acceptors (Lipinski definition) is 5. The van der Waals surface area contributed by atoms with Gasteiger partial charge in [0.05, 0.1) is 5.92 Å². The van der Waals surface area contributed by atoms with Crippen molar-refractivity contribution in [1.82, 2.24) is 4.90 Å². The largest absolute Gasteiger partial charge is 0.492 e. The Labute approximate surface area is 174 Å². The molecule has 0 bridgehead atoms. The Bertz CT molecular complexity index is 882. The van der Waals surface area contributed by atoms with Crippen LogP contribution in [0.1, 0.15) is 5.56 Å². The molecule has 0 spiro atoms. The van der Waals surface area contributed by atoms with E-state index >= 15 is 0 Å². The highest BCUT2D eigenvalue weighted by atomic mass is 35.5. The van der Waals surface area contributed by atoms with E-state index in [1.807, 2.05) is 18.2 Å². The Morgan fingerprint density at radius 2 is 1.83 bits per heavy atom. The minimum Gasteiger partial charge on any atom is -0.492 e. The lowest BCUT2D eigenvalue weighted by Crippen LogP contribution is -2.50. The molecule has 2 aliphatic rings. The van der Waals surface area contributed by atoms with Gasteiger partial charge in [0.2, 0.25) is 0 Å². The molecule has 152 valence electrons. The number of hydrogen-bond donors (Lipinski definition) is 0. The van der Waals surface area contributed by atoms with Gasteiger partial charge in [0, 0.05) is 36.9 Å². The maximum Gasteiger partial charge on any atom is 0.313 e. The number of anilines is 1. The van der Waals surface area contributed by atoms with E-state index in [1.165, 1.54) is 0 Å². The van der Waals surface area contributed by atoms with Crippen LogP contribution in [0, 0.1) is 5.92 Å². The second-order valence-corrected chi connectivity index (χ2v) is 7.71. The molecule has 0 saturated carbocycles. The number of halogens is 1. The number of nitrogens with zero attached hydrogens (tertiary/aromatic N) is 2. The maximum atomic E-state index is 12.5. The number of piperazine rings is 1. The Balaban J connectivity index is 1.24. The SMILES string of the molecule is O=C(OCC(=O)N1CCN(c2ccccc2)CC1)[C@H]1COc2ccc(Cl)cc2C1. The highest BCUT2D eigenvalue weighted by Crippen LogP contribution is 2.30. The van der Waals surface area contributed by atoms with Gasteiger partial charge in [-0.3, -0.25) is 9.59 Å². The van der Waals surface area contributed by atoms with Crippen molar-refractivity contribution in [2.75, 3.05) is 44.3 Å². The van der Waals surface area contributed by atoms with E-state index in [4.69, 9.17) is 21.1 Å². The molecule has 0 aromatic heterocycles. The molecule has 2 aromatic carbocycles. The fraction of sp³-hybridized carbons (Fsp3) is 0.364. The Morgan fingerprint density at radius 3 is 2.59 bits per heavy atom. The Kier molecular flexibility index (Phi) is 5.90. The molecule has 0 aliphatic carbocycles. The second kappa shape index (κ2) is 8.74. The van der Waals surface area contributed by atoms with E-state index in [0.29, 0.717) is 24.5 Å². The van der Waals surface area contributed by atoms with Crippen LogP contribution in [0.3, 0.4) is 0 Å². The molecule has 7 heteroatoms. The lowest BCUT2D eigenvalue weighted by molar-refractivity contribution is -0.156. The molecule has 0 unspecified atom stereocenters. The van der Waals surface area contributed by atoms with Crippen LogP contribution < -0.4 is 9.64 Å². The van der Waals surface area contributed by atoms with E-state index in [2.05, 4.69) is 17.0 Å². The lowest BCUT2D eigenvalue weighted by atomic mass is 9.97. The smallest absolute Gasteiger partial charge is 0.313 e. The summed E-state index contributed by atoms with van der Waals surface area (Å²) >= 11 is 6.02. The molecule has 1 amide bonds. The number of amides is 1. The van der Waals surface area contributed by atoms with Crippen molar-refractivity contribution < 1.29 is 19.1 Å². The molecule has 4 rings (SSSR count). The van der Waals surface area contributed by atoms with Crippen molar-refractivity contribution in [3.05, 3.63) is 59.1 Å². The zero-order chi connectivity index (χ0) is 20.2. The normalized spacial score (nSPS) is 18.6. The van der Waals surface area contributed by atoms with Crippen molar-refractivity contribution in [3.63, 3.8) is 0 Å². The molecule has 6 nitrogen and oxygen atoms in total. The molecule has 1 fully saturated rings. The number of benzene rings is 2. The van der Waals surface area contributed by atoms with Crippen LogP contribution >= 0.6 is 11.6 Å². The van der Waals surface area contributed by atoms with Crippen molar-refractivity contribution >= 4 is 29.2 Å². The number of para-hydroxylation sites is 1. The van der Waals surface area contributed by atoms with Crippen molar-refractivity contribution in [1.29, 1.82) is 0 Å². The van der Waals surface area contributed by atoms with Gasteiger partial charge < -0.3 is 19.3 Å². The van der Waals surface area contributed by atoms with Crippen LogP contribution in [0.2, 0.25) is 5.02 Å². The molecule has 0 radical (unpaired) electrons. The summed E-state index contributed by atoms with van der Waals surface area (Å²) in [5.74, 6) is -0.257. The molecule has 2 heterocycles. The molecule has 1 saturated heterocycles. The molecule has 29 heavy (non-hydrogen) atoms. The standard InChI is InChI=1S/C22H23ClN2O4/c23-18-6-7-20-16(13-18)12-17(14-28-20)22(27)29-15-21(26)25-10-8-24(9-11-25)19-4-2-1-3-5-19/h1-7,13,17H,8-12,14-15H2/t17-/m1/s1. The van der Waals surface area contributed by atoms with Gasteiger partial charge in [-0.15, -0.1) is 0 Å². The van der Waals surface area contributed by atoms with Gasteiger partial charge >= 0.3 is 5.97 Å². The zero-order valence-corrected chi connectivity index (χ0v) is 16.8. The third-order valence-corrected chi connectivity index (χ3v) is 5.59. The highest BCUT2D eigenvalue weighted by Gasteiger charge is 2.29. The Morgan fingerprint density at radius 1 is 1.07 bits per heavy atom. The summed E-state index contributed by atoms with van der Waals surface area (Å²) in [6.45, 7) is 2.77. The van der Waals surface area contributed by atoms with Gasteiger partial charge in [0.1, 0.15) is 12.4 Å². The minimum atomic E-state index is -0.427. The molecule has 1 atom stereocenters. The van der Waals surface area contributed by atoms with E-state index in [0.717, 1.165) is 30.1 Å². The summed E-state index contributed by atoms with van der Waals surface area (Å²) in [4.78, 5) is 28.9. The number of carbonyl (C=O) groups excluding carboxylic acids is 2. The van der Waals surface area contributed by atoms with Crippen LogP contribution in [0.25, 0.3) is 0 Å². The zero-order valence-electron chi connectivity index (χ0n) is 16.1. The molecule has 2 aromatic rings.